The summed E-state index contributed by atoms with van der Waals surface area (Å²) in [6.45, 7) is 0.279. The molecular weight excluding hydrogens is 244 g/mol. The van der Waals surface area contributed by atoms with E-state index < -0.39 is 29.9 Å². The summed E-state index contributed by atoms with van der Waals surface area (Å²) in [5, 5.41) is 19.5. The normalized spacial score (nSPS) is 13.7. The van der Waals surface area contributed by atoms with E-state index in [-0.39, 0.29) is 25.9 Å². The largest absolute Gasteiger partial charge is 0.481 e. The summed E-state index contributed by atoms with van der Waals surface area (Å²) >= 11 is 0. The first-order valence-electron chi connectivity index (χ1n) is 5.38. The lowest BCUT2D eigenvalue weighted by Gasteiger charge is -2.17. The quantitative estimate of drug-likeness (QED) is 0.408. The van der Waals surface area contributed by atoms with E-state index in [4.69, 9.17) is 20.7 Å². The Morgan fingerprint density at radius 2 is 1.89 bits per heavy atom. The van der Waals surface area contributed by atoms with Gasteiger partial charge < -0.3 is 26.0 Å². The molecule has 0 saturated carbocycles. The van der Waals surface area contributed by atoms with Crippen LogP contribution in [0.15, 0.2) is 0 Å². The highest BCUT2D eigenvalue weighted by Gasteiger charge is 2.23. The first-order chi connectivity index (χ1) is 8.38. The van der Waals surface area contributed by atoms with Crippen LogP contribution < -0.4 is 11.1 Å². The summed E-state index contributed by atoms with van der Waals surface area (Å²) in [5.41, 5.74) is 5.51. The van der Waals surface area contributed by atoms with Crippen LogP contribution in [0.4, 0.5) is 0 Å². The highest BCUT2D eigenvalue weighted by molar-refractivity contribution is 5.87. The molecule has 0 heterocycles. The Labute approximate surface area is 104 Å². The van der Waals surface area contributed by atoms with Crippen LogP contribution in [0.1, 0.15) is 19.3 Å². The molecule has 104 valence electrons. The number of ether oxygens (including phenoxy) is 1. The molecule has 2 atom stereocenters. The van der Waals surface area contributed by atoms with E-state index in [2.05, 4.69) is 5.32 Å². The number of aliphatic carboxylic acids is 2. The molecule has 0 aliphatic rings. The molecule has 0 aromatic carbocycles. The Balaban J connectivity index is 4.26. The second-order valence-electron chi connectivity index (χ2n) is 3.72. The van der Waals surface area contributed by atoms with Crippen LogP contribution in [-0.4, -0.2) is 53.9 Å². The van der Waals surface area contributed by atoms with Crippen molar-refractivity contribution in [1.29, 1.82) is 0 Å². The highest BCUT2D eigenvalue weighted by atomic mass is 16.5. The van der Waals surface area contributed by atoms with Crippen molar-refractivity contribution in [1.82, 2.24) is 5.32 Å². The molecule has 18 heavy (non-hydrogen) atoms. The zero-order chi connectivity index (χ0) is 14.1. The zero-order valence-electron chi connectivity index (χ0n) is 10.1. The molecule has 8 heteroatoms. The molecule has 0 saturated heterocycles. The van der Waals surface area contributed by atoms with Gasteiger partial charge in [0, 0.05) is 20.1 Å². The lowest BCUT2D eigenvalue weighted by atomic mass is 10.1. The van der Waals surface area contributed by atoms with Gasteiger partial charge in [-0.05, 0) is 12.8 Å². The number of carbonyl (C=O) groups is 3. The third kappa shape index (κ3) is 6.81. The molecule has 0 rings (SSSR count). The highest BCUT2D eigenvalue weighted by Crippen LogP contribution is 1.99. The van der Waals surface area contributed by atoms with Gasteiger partial charge >= 0.3 is 11.9 Å². The van der Waals surface area contributed by atoms with E-state index in [1.807, 2.05) is 0 Å². The maximum atomic E-state index is 11.5. The van der Waals surface area contributed by atoms with E-state index in [0.29, 0.717) is 0 Å². The summed E-state index contributed by atoms with van der Waals surface area (Å²) < 4.78 is 4.74. The number of hydrogen-bond acceptors (Lipinski definition) is 5. The van der Waals surface area contributed by atoms with Crippen LogP contribution in [0.25, 0.3) is 0 Å². The van der Waals surface area contributed by atoms with Crippen molar-refractivity contribution < 1.29 is 29.3 Å². The van der Waals surface area contributed by atoms with E-state index in [1.165, 1.54) is 7.11 Å². The van der Waals surface area contributed by atoms with E-state index >= 15 is 0 Å². The van der Waals surface area contributed by atoms with Gasteiger partial charge in [-0.25, -0.2) is 4.79 Å². The van der Waals surface area contributed by atoms with E-state index in [0.717, 1.165) is 0 Å². The fourth-order valence-electron chi connectivity index (χ4n) is 1.18. The first kappa shape index (κ1) is 16.3. The number of methoxy groups -OCH3 is 1. The van der Waals surface area contributed by atoms with Crippen LogP contribution in [-0.2, 0) is 19.1 Å². The summed E-state index contributed by atoms with van der Waals surface area (Å²) in [6, 6.07) is -2.13. The van der Waals surface area contributed by atoms with Crippen LogP contribution in [0, 0.1) is 0 Å². The number of carboxylic acid groups (broad SMARTS) is 2. The Morgan fingerprint density at radius 3 is 2.33 bits per heavy atom. The summed E-state index contributed by atoms with van der Waals surface area (Å²) in [7, 11) is 1.46. The molecule has 0 aromatic rings. The maximum Gasteiger partial charge on any atom is 0.326 e. The molecule has 0 aliphatic carbocycles. The maximum absolute atomic E-state index is 11.5. The monoisotopic (exact) mass is 262 g/mol. The minimum atomic E-state index is -1.29. The number of rotatable bonds is 9. The fraction of sp³-hybridized carbons (Fsp3) is 0.700. The van der Waals surface area contributed by atoms with Crippen molar-refractivity contribution in [3.63, 3.8) is 0 Å². The molecule has 0 fully saturated rings. The molecule has 0 radical (unpaired) electrons. The number of carboxylic acids is 2. The van der Waals surface area contributed by atoms with Gasteiger partial charge in [0.05, 0.1) is 6.04 Å². The van der Waals surface area contributed by atoms with Crippen molar-refractivity contribution in [2.75, 3.05) is 13.7 Å². The van der Waals surface area contributed by atoms with Crippen molar-refractivity contribution in [2.45, 2.75) is 31.3 Å². The van der Waals surface area contributed by atoms with Gasteiger partial charge in [0.15, 0.2) is 0 Å². The Hall–Kier alpha value is -1.67. The van der Waals surface area contributed by atoms with Crippen LogP contribution >= 0.6 is 0 Å². The van der Waals surface area contributed by atoms with E-state index in [1.54, 1.807) is 0 Å². The van der Waals surface area contributed by atoms with E-state index in [9.17, 15) is 14.4 Å². The first-order valence-corrected chi connectivity index (χ1v) is 5.38. The van der Waals surface area contributed by atoms with Crippen LogP contribution in [0.3, 0.4) is 0 Å². The van der Waals surface area contributed by atoms with Crippen LogP contribution in [0.5, 0.6) is 0 Å². The number of amides is 1. The second-order valence-corrected chi connectivity index (χ2v) is 3.72. The minimum absolute atomic E-state index is 0.187. The molecule has 0 bridgehead atoms. The van der Waals surface area contributed by atoms with Gasteiger partial charge in [-0.1, -0.05) is 0 Å². The second kappa shape index (κ2) is 8.43. The average molecular weight is 262 g/mol. The zero-order valence-corrected chi connectivity index (χ0v) is 10.1. The van der Waals surface area contributed by atoms with Gasteiger partial charge in [0.2, 0.25) is 5.91 Å². The van der Waals surface area contributed by atoms with Crippen molar-refractivity contribution in [2.24, 2.45) is 5.73 Å². The lowest BCUT2D eigenvalue weighted by molar-refractivity contribution is -0.143. The number of hydrogen-bond donors (Lipinski definition) is 4. The Bertz CT molecular complexity index is 307. The smallest absolute Gasteiger partial charge is 0.326 e. The SMILES string of the molecule is COCCC(N)C(=O)N[C@@H](CCC(=O)O)C(=O)O. The molecule has 5 N–H and O–H groups in total. The molecule has 0 spiro atoms. The molecule has 0 aromatic heterocycles. The summed E-state index contributed by atoms with van der Waals surface area (Å²) in [4.78, 5) is 32.7. The van der Waals surface area contributed by atoms with Gasteiger partial charge in [-0.3, -0.25) is 9.59 Å². The predicted molar refractivity (Wildman–Crippen MR) is 60.9 cm³/mol. The number of nitrogens with two attached hydrogens (primary N) is 1. The molecule has 1 amide bonds. The van der Waals surface area contributed by atoms with Crippen molar-refractivity contribution in [3.05, 3.63) is 0 Å². The molecule has 8 nitrogen and oxygen atoms in total. The lowest BCUT2D eigenvalue weighted by Crippen LogP contribution is -2.48. The topological polar surface area (TPSA) is 139 Å². The standard InChI is InChI=1S/C10H18N2O6/c1-18-5-4-6(11)9(15)12-7(10(16)17)2-3-8(13)14/h6-7H,2-5,11H2,1H3,(H,12,15)(H,13,14)(H,16,17)/t6?,7-/m0/s1. The Kier molecular flexibility index (Phi) is 7.64. The van der Waals surface area contributed by atoms with Gasteiger partial charge in [0.25, 0.3) is 0 Å². The van der Waals surface area contributed by atoms with Gasteiger partial charge in [0.1, 0.15) is 6.04 Å². The summed E-state index contributed by atoms with van der Waals surface area (Å²) in [5.74, 6) is -3.05. The molecular formula is C10H18N2O6. The summed E-state index contributed by atoms with van der Waals surface area (Å²) in [6.07, 6.45) is -0.272. The van der Waals surface area contributed by atoms with Crippen molar-refractivity contribution in [3.8, 4) is 0 Å². The van der Waals surface area contributed by atoms with Crippen LogP contribution in [0.2, 0.25) is 0 Å². The molecule has 0 aliphatic heterocycles. The third-order valence-corrected chi connectivity index (χ3v) is 2.23. The Morgan fingerprint density at radius 1 is 1.28 bits per heavy atom. The van der Waals surface area contributed by atoms with Crippen molar-refractivity contribution >= 4 is 17.8 Å². The third-order valence-electron chi connectivity index (χ3n) is 2.23. The minimum Gasteiger partial charge on any atom is -0.481 e. The van der Waals surface area contributed by atoms with Gasteiger partial charge in [-0.15, -0.1) is 0 Å². The fourth-order valence-corrected chi connectivity index (χ4v) is 1.18. The number of nitrogens with one attached hydrogen (secondary N) is 1. The van der Waals surface area contributed by atoms with Gasteiger partial charge in [-0.2, -0.15) is 0 Å². The number of carbonyl (C=O) groups excluding carboxylic acids is 1. The predicted octanol–water partition coefficient (Wildman–Crippen LogP) is -1.22. The molecule has 1 unspecified atom stereocenters. The average Bonchev–Trinajstić information content (AvgIpc) is 2.30.